The van der Waals surface area contributed by atoms with E-state index in [9.17, 15) is 0 Å². The number of halogens is 1. The van der Waals surface area contributed by atoms with Crippen LogP contribution in [0.25, 0.3) is 0 Å². The minimum atomic E-state index is 0. The molecule has 1 rings (SSSR count). The molecule has 0 atom stereocenters. The first-order valence-electron chi connectivity index (χ1n) is 2.43. The van der Waals surface area contributed by atoms with E-state index in [-0.39, 0.29) is 29.5 Å². The Kier molecular flexibility index (Phi) is 8.75. The normalized spacial score (nSPS) is 12.7. The van der Waals surface area contributed by atoms with Crippen molar-refractivity contribution in [2.45, 2.75) is 0 Å². The number of rotatable bonds is 1. The van der Waals surface area contributed by atoms with E-state index in [4.69, 9.17) is 4.74 Å². The maximum Gasteiger partial charge on any atom is 0.105 e. The molecule has 1 aliphatic rings. The van der Waals surface area contributed by atoms with E-state index in [1.165, 1.54) is 0 Å². The van der Waals surface area contributed by atoms with Gasteiger partial charge in [0, 0.05) is 17.1 Å². The molecule has 0 heterocycles. The van der Waals surface area contributed by atoms with Gasteiger partial charge in [0.25, 0.3) is 0 Å². The zero-order valence-electron chi connectivity index (χ0n) is 5.47. The van der Waals surface area contributed by atoms with Gasteiger partial charge in [-0.2, -0.15) is 0 Å². The second-order valence-corrected chi connectivity index (χ2v) is 1.44. The summed E-state index contributed by atoms with van der Waals surface area (Å²) in [6.45, 7) is 0. The van der Waals surface area contributed by atoms with E-state index in [0.29, 0.717) is 0 Å². The third-order valence-electron chi connectivity index (χ3n) is 0.923. The van der Waals surface area contributed by atoms with Crippen molar-refractivity contribution >= 4 is 0 Å². The van der Waals surface area contributed by atoms with Crippen LogP contribution in [0, 0.1) is 6.42 Å². The number of allylic oxidation sites excluding steroid dienone is 2. The average Bonchev–Trinajstić information content (AvgIpc) is 1.90. The fourth-order valence-corrected chi connectivity index (χ4v) is 0.508. The maximum absolute atomic E-state index is 4.89. The first-order valence-corrected chi connectivity index (χ1v) is 2.43. The van der Waals surface area contributed by atoms with Gasteiger partial charge in [-0.3, -0.25) is 0 Å². The van der Waals surface area contributed by atoms with Crippen molar-refractivity contribution in [1.29, 1.82) is 0 Å². The molecule has 0 aliphatic heterocycles. The van der Waals surface area contributed by atoms with Crippen molar-refractivity contribution in [3.63, 3.8) is 0 Å². The standard InChI is InChI=1S/C7H7O.ClH.Mn/c1-8-7-5-3-2-4-6-7;;/h3-6H,1H3;1H;/p-1. The van der Waals surface area contributed by atoms with Gasteiger partial charge < -0.3 is 17.1 Å². The van der Waals surface area contributed by atoms with Crippen LogP contribution in [-0.2, 0) is 21.8 Å². The molecule has 3 heteroatoms. The van der Waals surface area contributed by atoms with E-state index in [2.05, 4.69) is 5.73 Å². The van der Waals surface area contributed by atoms with Gasteiger partial charge in [-0.05, 0) is 18.2 Å². The molecule has 10 heavy (non-hydrogen) atoms. The van der Waals surface area contributed by atoms with Gasteiger partial charge in [-0.15, -0.1) is 5.73 Å². The third-order valence-corrected chi connectivity index (χ3v) is 0.923. The average molecular weight is 198 g/mol. The van der Waals surface area contributed by atoms with Crippen molar-refractivity contribution in [3.05, 3.63) is 36.1 Å². The number of hydrogen-bond acceptors (Lipinski definition) is 1. The van der Waals surface area contributed by atoms with Gasteiger partial charge in [0.1, 0.15) is 5.76 Å². The van der Waals surface area contributed by atoms with Crippen molar-refractivity contribution < 1.29 is 34.2 Å². The SMILES string of the molecule is COC1=CC=C=C[CH]1.[Cl-].[Mn]. The predicted molar refractivity (Wildman–Crippen MR) is 32.0 cm³/mol. The molecule has 1 aliphatic carbocycles. The molecule has 1 nitrogen and oxygen atoms in total. The molecule has 2 radical (unpaired) electrons. The first kappa shape index (κ1) is 12.5. The van der Waals surface area contributed by atoms with Crippen molar-refractivity contribution in [1.82, 2.24) is 0 Å². The van der Waals surface area contributed by atoms with Crippen molar-refractivity contribution in [2.75, 3.05) is 7.11 Å². The van der Waals surface area contributed by atoms with Gasteiger partial charge in [0.2, 0.25) is 0 Å². The maximum atomic E-state index is 4.89. The van der Waals surface area contributed by atoms with Crippen LogP contribution in [0.5, 0.6) is 0 Å². The Labute approximate surface area is 77.7 Å². The Balaban J connectivity index is 0. The van der Waals surface area contributed by atoms with E-state index in [0.717, 1.165) is 5.76 Å². The van der Waals surface area contributed by atoms with E-state index in [1.807, 2.05) is 24.6 Å². The monoisotopic (exact) mass is 197 g/mol. The van der Waals surface area contributed by atoms with Crippen LogP contribution in [0.4, 0.5) is 0 Å². The summed E-state index contributed by atoms with van der Waals surface area (Å²) in [6, 6.07) is 0. The molecule has 0 aromatic carbocycles. The summed E-state index contributed by atoms with van der Waals surface area (Å²) in [5.74, 6) is 0.878. The molecular weight excluding hydrogens is 190 g/mol. The van der Waals surface area contributed by atoms with Crippen molar-refractivity contribution in [2.24, 2.45) is 0 Å². The predicted octanol–water partition coefficient (Wildman–Crippen LogP) is -1.55. The Morgan fingerprint density at radius 1 is 1.40 bits per heavy atom. The molecular formula is C7H7ClMnO-. The van der Waals surface area contributed by atoms with Crippen LogP contribution in [0.1, 0.15) is 0 Å². The number of ether oxygens (including phenoxy) is 1. The van der Waals surface area contributed by atoms with Crippen molar-refractivity contribution in [3.8, 4) is 0 Å². The van der Waals surface area contributed by atoms with Gasteiger partial charge >= 0.3 is 0 Å². The van der Waals surface area contributed by atoms with Crippen LogP contribution in [-0.4, -0.2) is 7.11 Å². The van der Waals surface area contributed by atoms with E-state index < -0.39 is 0 Å². The largest absolute Gasteiger partial charge is 1.00 e. The fourth-order valence-electron chi connectivity index (χ4n) is 0.508. The number of methoxy groups -OCH3 is 1. The quantitative estimate of drug-likeness (QED) is 0.365. The van der Waals surface area contributed by atoms with Crippen LogP contribution in [0.15, 0.2) is 29.7 Å². The van der Waals surface area contributed by atoms with Gasteiger partial charge in [0.15, 0.2) is 0 Å². The van der Waals surface area contributed by atoms with E-state index in [1.54, 1.807) is 7.11 Å². The fraction of sp³-hybridized carbons (Fsp3) is 0.143. The second kappa shape index (κ2) is 6.98. The minimum Gasteiger partial charge on any atom is -1.00 e. The Hall–Kier alpha value is -0.131. The van der Waals surface area contributed by atoms with E-state index >= 15 is 0 Å². The molecule has 56 valence electrons. The topological polar surface area (TPSA) is 9.23 Å². The molecule has 0 fully saturated rings. The second-order valence-electron chi connectivity index (χ2n) is 1.44. The number of hydrogen-bond donors (Lipinski definition) is 0. The molecule has 0 spiro atoms. The molecule has 0 aromatic heterocycles. The smallest absolute Gasteiger partial charge is 0.105 e. The summed E-state index contributed by atoms with van der Waals surface area (Å²) in [6.07, 6.45) is 7.36. The van der Waals surface area contributed by atoms with Crippen LogP contribution in [0.3, 0.4) is 0 Å². The molecule has 0 N–H and O–H groups in total. The summed E-state index contributed by atoms with van der Waals surface area (Å²) in [7, 11) is 1.65. The van der Waals surface area contributed by atoms with Gasteiger partial charge in [-0.25, -0.2) is 0 Å². The molecule has 0 bridgehead atoms. The molecule has 0 unspecified atom stereocenters. The summed E-state index contributed by atoms with van der Waals surface area (Å²) in [5.41, 5.74) is 2.89. The van der Waals surface area contributed by atoms with Crippen LogP contribution in [0.2, 0.25) is 0 Å². The Morgan fingerprint density at radius 3 is 2.40 bits per heavy atom. The molecule has 0 saturated heterocycles. The molecule has 0 amide bonds. The summed E-state index contributed by atoms with van der Waals surface area (Å²) >= 11 is 0. The van der Waals surface area contributed by atoms with Gasteiger partial charge in [0.05, 0.1) is 13.5 Å². The summed E-state index contributed by atoms with van der Waals surface area (Å²) < 4.78 is 4.89. The summed E-state index contributed by atoms with van der Waals surface area (Å²) in [4.78, 5) is 0. The molecule has 0 aromatic rings. The van der Waals surface area contributed by atoms with Crippen LogP contribution >= 0.6 is 0 Å². The molecule has 0 saturated carbocycles. The Bertz CT molecular complexity index is 168. The Morgan fingerprint density at radius 2 is 2.10 bits per heavy atom. The van der Waals surface area contributed by atoms with Crippen LogP contribution < -0.4 is 12.4 Å². The third kappa shape index (κ3) is 3.81. The summed E-state index contributed by atoms with van der Waals surface area (Å²) in [5, 5.41) is 0. The first-order chi connectivity index (χ1) is 3.93. The van der Waals surface area contributed by atoms with Gasteiger partial charge in [-0.1, -0.05) is 0 Å². The minimum absolute atomic E-state index is 0. The zero-order chi connectivity index (χ0) is 5.82. The zero-order valence-corrected chi connectivity index (χ0v) is 7.41.